The first-order valence-corrected chi connectivity index (χ1v) is 6.66. The summed E-state index contributed by atoms with van der Waals surface area (Å²) in [7, 11) is 0. The van der Waals surface area contributed by atoms with E-state index in [9.17, 15) is 4.79 Å². The lowest BCUT2D eigenvalue weighted by molar-refractivity contribution is -0.139. The summed E-state index contributed by atoms with van der Waals surface area (Å²) in [5.74, 6) is 0.0356. The summed E-state index contributed by atoms with van der Waals surface area (Å²) in [5.41, 5.74) is 6.94. The maximum absolute atomic E-state index is 12.5. The van der Waals surface area contributed by atoms with Gasteiger partial charge in [-0.1, -0.05) is 6.92 Å². The van der Waals surface area contributed by atoms with Crippen LogP contribution >= 0.6 is 0 Å². The number of H-pyrrole nitrogens is 1. The number of piperidine rings is 1. The van der Waals surface area contributed by atoms with E-state index in [4.69, 9.17) is 5.73 Å². The number of nitrogens with zero attached hydrogens (tertiary/aromatic N) is 2. The molecule has 0 radical (unpaired) electrons. The minimum absolute atomic E-state index is 0.107. The topological polar surface area (TPSA) is 75.0 Å². The molecule has 0 spiro atoms. The number of amides is 1. The molecule has 0 aliphatic carbocycles. The Labute approximate surface area is 108 Å². The van der Waals surface area contributed by atoms with E-state index in [2.05, 4.69) is 10.2 Å². The lowest BCUT2D eigenvalue weighted by atomic mass is 9.94. The number of hydrogen-bond acceptors (Lipinski definition) is 3. The van der Waals surface area contributed by atoms with Gasteiger partial charge in [0, 0.05) is 24.3 Å². The fourth-order valence-electron chi connectivity index (χ4n) is 2.47. The maximum atomic E-state index is 12.5. The molecule has 1 aromatic heterocycles. The molecule has 1 amide bonds. The highest BCUT2D eigenvalue weighted by Crippen LogP contribution is 2.31. The Hall–Kier alpha value is -1.36. The normalized spacial score (nSPS) is 23.7. The van der Waals surface area contributed by atoms with E-state index in [-0.39, 0.29) is 23.9 Å². The maximum Gasteiger partial charge on any atom is 0.227 e. The number of aromatic amines is 1. The van der Waals surface area contributed by atoms with Crippen molar-refractivity contribution in [1.29, 1.82) is 0 Å². The summed E-state index contributed by atoms with van der Waals surface area (Å²) in [4.78, 5) is 14.4. The Morgan fingerprint density at radius 2 is 2.33 bits per heavy atom. The lowest BCUT2D eigenvalue weighted by Crippen LogP contribution is -2.45. The molecule has 3 atom stereocenters. The van der Waals surface area contributed by atoms with Crippen molar-refractivity contribution in [3.63, 3.8) is 0 Å². The van der Waals surface area contributed by atoms with Crippen molar-refractivity contribution in [2.45, 2.75) is 45.2 Å². The number of likely N-dealkylation sites (tertiary alicyclic amines) is 1. The zero-order valence-electron chi connectivity index (χ0n) is 11.1. The number of carbonyl (C=O) groups excluding carboxylic acids is 1. The van der Waals surface area contributed by atoms with E-state index in [1.807, 2.05) is 31.1 Å². The predicted molar refractivity (Wildman–Crippen MR) is 69.7 cm³/mol. The van der Waals surface area contributed by atoms with Crippen molar-refractivity contribution >= 4 is 5.91 Å². The number of hydrogen-bond donors (Lipinski definition) is 2. The van der Waals surface area contributed by atoms with Crippen LogP contribution in [0, 0.1) is 5.92 Å². The van der Waals surface area contributed by atoms with Crippen LogP contribution in [0.25, 0.3) is 0 Å². The third kappa shape index (κ3) is 2.56. The van der Waals surface area contributed by atoms with Crippen LogP contribution in [0.4, 0.5) is 0 Å². The molecule has 5 heteroatoms. The Balaban J connectivity index is 2.15. The average molecular weight is 250 g/mol. The number of nitrogens with one attached hydrogen (secondary N) is 1. The minimum Gasteiger partial charge on any atom is -0.335 e. The predicted octanol–water partition coefficient (Wildman–Crippen LogP) is 1.45. The number of nitrogens with two attached hydrogens (primary N) is 1. The van der Waals surface area contributed by atoms with E-state index in [1.54, 1.807) is 0 Å². The van der Waals surface area contributed by atoms with Crippen molar-refractivity contribution in [1.82, 2.24) is 15.1 Å². The Kier molecular flexibility index (Phi) is 4.01. The molecule has 2 rings (SSSR count). The van der Waals surface area contributed by atoms with E-state index in [0.717, 1.165) is 31.4 Å². The van der Waals surface area contributed by atoms with Crippen LogP contribution in [0.15, 0.2) is 12.4 Å². The number of aromatic nitrogens is 2. The van der Waals surface area contributed by atoms with Gasteiger partial charge in [-0.2, -0.15) is 5.10 Å². The minimum atomic E-state index is -0.127. The standard InChI is InChI=1S/C13H22N4O/c1-9(10(2)14)13(18)17-6-4-3-5-12(17)11-7-15-16-8-11/h7-10,12H,3-6,14H2,1-2H3,(H,15,16). The Bertz CT molecular complexity index is 388. The molecule has 18 heavy (non-hydrogen) atoms. The summed E-state index contributed by atoms with van der Waals surface area (Å²) < 4.78 is 0. The molecule has 1 aromatic rings. The van der Waals surface area contributed by atoms with E-state index in [0.29, 0.717) is 0 Å². The smallest absolute Gasteiger partial charge is 0.227 e. The molecule has 0 bridgehead atoms. The van der Waals surface area contributed by atoms with Crippen LogP contribution in [0.1, 0.15) is 44.7 Å². The molecule has 0 aromatic carbocycles. The van der Waals surface area contributed by atoms with Crippen molar-refractivity contribution in [2.24, 2.45) is 11.7 Å². The number of rotatable bonds is 3. The van der Waals surface area contributed by atoms with Gasteiger partial charge in [0.2, 0.25) is 5.91 Å². The van der Waals surface area contributed by atoms with Crippen molar-refractivity contribution < 1.29 is 4.79 Å². The lowest BCUT2D eigenvalue weighted by Gasteiger charge is -2.37. The highest BCUT2D eigenvalue weighted by atomic mass is 16.2. The first-order chi connectivity index (χ1) is 8.61. The van der Waals surface area contributed by atoms with Gasteiger partial charge in [0.25, 0.3) is 0 Å². The van der Waals surface area contributed by atoms with E-state index >= 15 is 0 Å². The first kappa shape index (κ1) is 13.1. The van der Waals surface area contributed by atoms with Crippen LogP contribution in [-0.4, -0.2) is 33.6 Å². The molecule has 1 aliphatic heterocycles. The number of carbonyl (C=O) groups is 1. The summed E-state index contributed by atoms with van der Waals surface area (Å²) in [6.45, 7) is 4.62. The van der Waals surface area contributed by atoms with Crippen LogP contribution in [-0.2, 0) is 4.79 Å². The van der Waals surface area contributed by atoms with Gasteiger partial charge in [-0.3, -0.25) is 9.89 Å². The van der Waals surface area contributed by atoms with Crippen molar-refractivity contribution in [2.75, 3.05) is 6.54 Å². The second kappa shape index (κ2) is 5.52. The fraction of sp³-hybridized carbons (Fsp3) is 0.692. The molecule has 3 N–H and O–H groups in total. The molecule has 100 valence electrons. The molecule has 5 nitrogen and oxygen atoms in total. The van der Waals surface area contributed by atoms with Crippen LogP contribution in [0.5, 0.6) is 0 Å². The van der Waals surface area contributed by atoms with Crippen molar-refractivity contribution in [3.05, 3.63) is 18.0 Å². The molecule has 3 unspecified atom stereocenters. The highest BCUT2D eigenvalue weighted by Gasteiger charge is 2.32. The van der Waals surface area contributed by atoms with E-state index < -0.39 is 0 Å². The monoisotopic (exact) mass is 250 g/mol. The zero-order chi connectivity index (χ0) is 13.1. The van der Waals surface area contributed by atoms with Gasteiger partial charge in [0.05, 0.1) is 18.2 Å². The second-order valence-electron chi connectivity index (χ2n) is 5.22. The molecular weight excluding hydrogens is 228 g/mol. The average Bonchev–Trinajstić information content (AvgIpc) is 2.90. The molecule has 1 saturated heterocycles. The van der Waals surface area contributed by atoms with Crippen LogP contribution < -0.4 is 5.73 Å². The first-order valence-electron chi connectivity index (χ1n) is 6.66. The SMILES string of the molecule is CC(N)C(C)C(=O)N1CCCCC1c1cn[nH]c1. The van der Waals surface area contributed by atoms with Crippen LogP contribution in [0.2, 0.25) is 0 Å². The van der Waals surface area contributed by atoms with Gasteiger partial charge in [-0.25, -0.2) is 0 Å². The molecule has 0 saturated carbocycles. The Morgan fingerprint density at radius 1 is 1.56 bits per heavy atom. The van der Waals surface area contributed by atoms with Gasteiger partial charge in [0.15, 0.2) is 0 Å². The zero-order valence-corrected chi connectivity index (χ0v) is 11.1. The molecule has 1 fully saturated rings. The molecule has 1 aliphatic rings. The fourth-order valence-corrected chi connectivity index (χ4v) is 2.47. The molecule has 2 heterocycles. The summed E-state index contributed by atoms with van der Waals surface area (Å²) in [6.07, 6.45) is 6.94. The van der Waals surface area contributed by atoms with E-state index in [1.165, 1.54) is 0 Å². The highest BCUT2D eigenvalue weighted by molar-refractivity contribution is 5.79. The van der Waals surface area contributed by atoms with Gasteiger partial charge in [-0.15, -0.1) is 0 Å². The van der Waals surface area contributed by atoms with Crippen molar-refractivity contribution in [3.8, 4) is 0 Å². The summed E-state index contributed by atoms with van der Waals surface area (Å²) in [6, 6.07) is 0.0515. The molecular formula is C13H22N4O. The van der Waals surface area contributed by atoms with Gasteiger partial charge < -0.3 is 10.6 Å². The second-order valence-corrected chi connectivity index (χ2v) is 5.22. The van der Waals surface area contributed by atoms with Gasteiger partial charge in [0.1, 0.15) is 0 Å². The summed E-state index contributed by atoms with van der Waals surface area (Å²) in [5, 5.41) is 6.81. The summed E-state index contributed by atoms with van der Waals surface area (Å²) >= 11 is 0. The third-order valence-corrected chi connectivity index (χ3v) is 3.87. The van der Waals surface area contributed by atoms with Crippen LogP contribution in [0.3, 0.4) is 0 Å². The largest absolute Gasteiger partial charge is 0.335 e. The third-order valence-electron chi connectivity index (χ3n) is 3.87. The Morgan fingerprint density at radius 3 is 2.94 bits per heavy atom. The van der Waals surface area contributed by atoms with Gasteiger partial charge >= 0.3 is 0 Å². The quantitative estimate of drug-likeness (QED) is 0.852. The van der Waals surface area contributed by atoms with Gasteiger partial charge in [-0.05, 0) is 26.2 Å².